The molecule has 1 aromatic rings. The molecule has 0 atom stereocenters. The van der Waals surface area contributed by atoms with Crippen molar-refractivity contribution in [3.05, 3.63) is 41.7 Å². The Morgan fingerprint density at radius 1 is 1.30 bits per heavy atom. The van der Waals surface area contributed by atoms with Gasteiger partial charge in [0.25, 0.3) is 5.91 Å². The smallest absolute Gasteiger partial charge is 0.352 e. The molecule has 0 aliphatic carbocycles. The van der Waals surface area contributed by atoms with Crippen molar-refractivity contribution in [1.82, 2.24) is 5.32 Å². The zero-order chi connectivity index (χ0) is 17.8. The summed E-state index contributed by atoms with van der Waals surface area (Å²) in [5.41, 5.74) is -1.54. The maximum absolute atomic E-state index is 13.2. The van der Waals surface area contributed by atoms with Crippen molar-refractivity contribution in [3.8, 4) is 0 Å². The normalized spacial score (nSPS) is 11.9. The standard InChI is InChI=1S/C13H14F4N2O3S/c1-8(13(15,16)17)5-6-18-12(20)10-7-9(14)3-4-11(10)19-23(2,21)22/h3-4,7,19H,1,5-6H2,2H3,(H,18,20). The molecule has 0 aliphatic rings. The van der Waals surface area contributed by atoms with E-state index in [4.69, 9.17) is 0 Å². The molecule has 5 nitrogen and oxygen atoms in total. The van der Waals surface area contributed by atoms with Crippen molar-refractivity contribution in [1.29, 1.82) is 0 Å². The predicted octanol–water partition coefficient (Wildman–Crippen LogP) is 2.44. The van der Waals surface area contributed by atoms with E-state index in [2.05, 4.69) is 11.9 Å². The summed E-state index contributed by atoms with van der Waals surface area (Å²) < 4.78 is 74.4. The average Bonchev–Trinajstić information content (AvgIpc) is 2.37. The summed E-state index contributed by atoms with van der Waals surface area (Å²) in [6, 6.07) is 2.76. The summed E-state index contributed by atoms with van der Waals surface area (Å²) in [5.74, 6) is -1.71. The molecule has 1 aromatic carbocycles. The Hall–Kier alpha value is -2.10. The molecule has 0 heterocycles. The van der Waals surface area contributed by atoms with E-state index >= 15 is 0 Å². The van der Waals surface area contributed by atoms with Crippen LogP contribution in [-0.2, 0) is 10.0 Å². The molecule has 23 heavy (non-hydrogen) atoms. The molecule has 0 bridgehead atoms. The van der Waals surface area contributed by atoms with E-state index in [0.717, 1.165) is 24.5 Å². The molecule has 128 valence electrons. The van der Waals surface area contributed by atoms with E-state index < -0.39 is 39.9 Å². The quantitative estimate of drug-likeness (QED) is 0.609. The van der Waals surface area contributed by atoms with Crippen LogP contribution in [0.5, 0.6) is 0 Å². The Labute approximate surface area is 130 Å². The largest absolute Gasteiger partial charge is 0.412 e. The van der Waals surface area contributed by atoms with Crippen LogP contribution in [0.2, 0.25) is 0 Å². The molecule has 0 unspecified atom stereocenters. The highest BCUT2D eigenvalue weighted by atomic mass is 32.2. The second-order valence-corrected chi connectivity index (χ2v) is 6.42. The number of halogens is 4. The summed E-state index contributed by atoms with van der Waals surface area (Å²) in [4.78, 5) is 11.9. The van der Waals surface area contributed by atoms with Crippen LogP contribution in [0.1, 0.15) is 16.8 Å². The summed E-state index contributed by atoms with van der Waals surface area (Å²) in [6.45, 7) is 2.46. The Balaban J connectivity index is 2.83. The van der Waals surface area contributed by atoms with Gasteiger partial charge in [0.2, 0.25) is 10.0 Å². The minimum absolute atomic E-state index is 0.180. The molecule has 0 aliphatic heterocycles. The van der Waals surface area contributed by atoms with Gasteiger partial charge in [-0.25, -0.2) is 12.8 Å². The molecule has 0 spiro atoms. The molecular weight excluding hydrogens is 340 g/mol. The van der Waals surface area contributed by atoms with Crippen LogP contribution in [0, 0.1) is 5.82 Å². The summed E-state index contributed by atoms with van der Waals surface area (Å²) in [5, 5.41) is 2.15. The number of benzene rings is 1. The highest BCUT2D eigenvalue weighted by molar-refractivity contribution is 7.92. The van der Waals surface area contributed by atoms with Crippen molar-refractivity contribution in [2.24, 2.45) is 0 Å². The van der Waals surface area contributed by atoms with Crippen LogP contribution in [0.25, 0.3) is 0 Å². The monoisotopic (exact) mass is 354 g/mol. The number of amides is 1. The van der Waals surface area contributed by atoms with Gasteiger partial charge in [0.1, 0.15) is 5.82 Å². The molecule has 1 rings (SSSR count). The van der Waals surface area contributed by atoms with E-state index in [1.807, 2.05) is 4.72 Å². The highest BCUT2D eigenvalue weighted by Crippen LogP contribution is 2.26. The lowest BCUT2D eigenvalue weighted by Gasteiger charge is -2.13. The third kappa shape index (κ3) is 6.27. The third-order valence-electron chi connectivity index (χ3n) is 2.63. The fourth-order valence-electron chi connectivity index (χ4n) is 1.56. The first-order valence-corrected chi connectivity index (χ1v) is 8.10. The maximum atomic E-state index is 13.2. The maximum Gasteiger partial charge on any atom is 0.412 e. The Kier molecular flexibility index (Phi) is 5.75. The third-order valence-corrected chi connectivity index (χ3v) is 3.23. The number of carbonyl (C=O) groups is 1. The minimum Gasteiger partial charge on any atom is -0.352 e. The first-order chi connectivity index (χ1) is 10.4. The fraction of sp³-hybridized carbons (Fsp3) is 0.308. The molecular formula is C13H14F4N2O3S. The number of carbonyl (C=O) groups excluding carboxylic acids is 1. The lowest BCUT2D eigenvalue weighted by molar-refractivity contribution is -0.0934. The van der Waals surface area contributed by atoms with Crippen LogP contribution in [0.15, 0.2) is 30.4 Å². The fourth-order valence-corrected chi connectivity index (χ4v) is 2.13. The van der Waals surface area contributed by atoms with Gasteiger partial charge in [0, 0.05) is 12.1 Å². The zero-order valence-electron chi connectivity index (χ0n) is 12.0. The molecule has 2 N–H and O–H groups in total. The first-order valence-electron chi connectivity index (χ1n) is 6.20. The number of rotatable bonds is 6. The summed E-state index contributed by atoms with van der Waals surface area (Å²) >= 11 is 0. The van der Waals surface area contributed by atoms with Gasteiger partial charge in [-0.1, -0.05) is 6.58 Å². The molecule has 0 aromatic heterocycles. The second-order valence-electron chi connectivity index (χ2n) is 4.67. The van der Waals surface area contributed by atoms with Gasteiger partial charge in [0.05, 0.1) is 17.5 Å². The lowest BCUT2D eigenvalue weighted by atomic mass is 10.1. The summed E-state index contributed by atoms with van der Waals surface area (Å²) in [7, 11) is -3.71. The minimum atomic E-state index is -4.56. The van der Waals surface area contributed by atoms with Crippen molar-refractivity contribution < 1.29 is 30.8 Å². The van der Waals surface area contributed by atoms with Gasteiger partial charge in [-0.15, -0.1) is 0 Å². The van der Waals surface area contributed by atoms with Crippen molar-refractivity contribution in [3.63, 3.8) is 0 Å². The van der Waals surface area contributed by atoms with Gasteiger partial charge < -0.3 is 5.32 Å². The molecule has 0 fully saturated rings. The number of anilines is 1. The highest BCUT2D eigenvalue weighted by Gasteiger charge is 2.31. The first kappa shape index (κ1) is 18.9. The number of hydrogen-bond acceptors (Lipinski definition) is 3. The van der Waals surface area contributed by atoms with Crippen LogP contribution >= 0.6 is 0 Å². The van der Waals surface area contributed by atoms with Crippen molar-refractivity contribution in [2.75, 3.05) is 17.5 Å². The van der Waals surface area contributed by atoms with Crippen LogP contribution in [0.3, 0.4) is 0 Å². The number of nitrogens with one attached hydrogen (secondary N) is 2. The lowest BCUT2D eigenvalue weighted by Crippen LogP contribution is -2.27. The molecule has 0 saturated heterocycles. The molecule has 0 radical (unpaired) electrons. The average molecular weight is 354 g/mol. The summed E-state index contributed by atoms with van der Waals surface area (Å²) in [6.07, 6.45) is -4.27. The van der Waals surface area contributed by atoms with E-state index in [1.54, 1.807) is 0 Å². The Morgan fingerprint density at radius 3 is 2.43 bits per heavy atom. The number of sulfonamides is 1. The van der Waals surface area contributed by atoms with E-state index in [9.17, 15) is 30.8 Å². The molecule has 0 saturated carbocycles. The SMILES string of the molecule is C=C(CCNC(=O)c1cc(F)ccc1NS(C)(=O)=O)C(F)(F)F. The van der Waals surface area contributed by atoms with E-state index in [0.29, 0.717) is 0 Å². The van der Waals surface area contributed by atoms with Gasteiger partial charge in [-0.05, 0) is 24.6 Å². The topological polar surface area (TPSA) is 75.3 Å². The van der Waals surface area contributed by atoms with Gasteiger partial charge in [-0.3, -0.25) is 9.52 Å². The van der Waals surface area contributed by atoms with E-state index in [1.165, 1.54) is 0 Å². The zero-order valence-corrected chi connectivity index (χ0v) is 12.8. The van der Waals surface area contributed by atoms with Crippen LogP contribution < -0.4 is 10.0 Å². The second kappa shape index (κ2) is 6.99. The molecule has 10 heteroatoms. The molecule has 1 amide bonds. The predicted molar refractivity (Wildman–Crippen MR) is 77.0 cm³/mol. The van der Waals surface area contributed by atoms with Crippen molar-refractivity contribution >= 4 is 21.6 Å². The van der Waals surface area contributed by atoms with Gasteiger partial charge >= 0.3 is 6.18 Å². The van der Waals surface area contributed by atoms with Gasteiger partial charge in [0.15, 0.2) is 0 Å². The number of hydrogen-bond donors (Lipinski definition) is 2. The van der Waals surface area contributed by atoms with Crippen LogP contribution in [-0.4, -0.2) is 33.3 Å². The number of alkyl halides is 3. The van der Waals surface area contributed by atoms with Gasteiger partial charge in [-0.2, -0.15) is 13.2 Å². The van der Waals surface area contributed by atoms with Crippen LogP contribution in [0.4, 0.5) is 23.2 Å². The van der Waals surface area contributed by atoms with E-state index in [-0.39, 0.29) is 17.8 Å². The Morgan fingerprint density at radius 2 is 1.91 bits per heavy atom. The Bertz CT molecular complexity index is 714. The van der Waals surface area contributed by atoms with Crippen molar-refractivity contribution in [2.45, 2.75) is 12.6 Å².